The highest BCUT2D eigenvalue weighted by Gasteiger charge is 2.18. The highest BCUT2D eigenvalue weighted by Crippen LogP contribution is 2.25. The first-order valence-corrected chi connectivity index (χ1v) is 8.49. The average molecular weight is 365 g/mol. The Hall–Kier alpha value is -3.48. The van der Waals surface area contributed by atoms with E-state index in [0.29, 0.717) is 5.88 Å². The summed E-state index contributed by atoms with van der Waals surface area (Å²) in [7, 11) is 0. The van der Waals surface area contributed by atoms with Gasteiger partial charge < -0.3 is 4.74 Å². The van der Waals surface area contributed by atoms with Crippen LogP contribution >= 0.6 is 0 Å². The summed E-state index contributed by atoms with van der Waals surface area (Å²) in [5.41, 5.74) is 2.82. The molecule has 0 unspecified atom stereocenters. The van der Waals surface area contributed by atoms with Crippen LogP contribution in [-0.2, 0) is 0 Å². The van der Waals surface area contributed by atoms with Crippen LogP contribution in [0.15, 0.2) is 54.6 Å². The molecule has 0 saturated carbocycles. The van der Waals surface area contributed by atoms with E-state index in [9.17, 15) is 14.9 Å². The van der Waals surface area contributed by atoms with Gasteiger partial charge >= 0.3 is 5.97 Å². The second-order valence-electron chi connectivity index (χ2n) is 6.50. The Kier molecular flexibility index (Phi) is 5.03. The molecule has 0 aliphatic carbocycles. The quantitative estimate of drug-likeness (QED) is 0.379. The van der Waals surface area contributed by atoms with Gasteiger partial charge in [-0.15, -0.1) is 0 Å². The zero-order chi connectivity index (χ0) is 19.6. The number of ether oxygens (including phenoxy) is 1. The molecule has 1 heterocycles. The van der Waals surface area contributed by atoms with Crippen molar-refractivity contribution in [2.24, 2.45) is 0 Å². The van der Waals surface area contributed by atoms with Crippen LogP contribution in [0, 0.1) is 17.0 Å². The van der Waals surface area contributed by atoms with Gasteiger partial charge in [-0.25, -0.2) is 9.48 Å². The van der Waals surface area contributed by atoms with Crippen LogP contribution in [0.25, 0.3) is 5.69 Å². The Bertz CT molecular complexity index is 973. The summed E-state index contributed by atoms with van der Waals surface area (Å²) in [5, 5.41) is 15.3. The van der Waals surface area contributed by atoms with E-state index in [1.165, 1.54) is 24.3 Å². The summed E-state index contributed by atoms with van der Waals surface area (Å²) in [5.74, 6) is -0.145. The van der Waals surface area contributed by atoms with E-state index in [2.05, 4.69) is 5.10 Å². The molecule has 138 valence electrons. The van der Waals surface area contributed by atoms with Crippen molar-refractivity contribution in [3.05, 3.63) is 81.5 Å². The molecule has 0 aliphatic rings. The molecule has 0 atom stereocenters. The standard InChI is InChI=1S/C20H19N3O4/c1-13(2)18-12-19(22(21-18)16-8-4-14(3)5-9-16)27-20(24)15-6-10-17(11-7-15)23(25)26/h4-13H,1-3H3. The number of nitro groups is 1. The van der Waals surface area contributed by atoms with Crippen LogP contribution in [0.4, 0.5) is 5.69 Å². The third-order valence-electron chi connectivity index (χ3n) is 4.08. The summed E-state index contributed by atoms with van der Waals surface area (Å²) in [6.07, 6.45) is 0. The second-order valence-corrected chi connectivity index (χ2v) is 6.50. The number of hydrogen-bond acceptors (Lipinski definition) is 5. The Labute approximate surface area is 156 Å². The molecule has 0 N–H and O–H groups in total. The minimum atomic E-state index is -0.603. The van der Waals surface area contributed by atoms with Crippen molar-refractivity contribution >= 4 is 11.7 Å². The average Bonchev–Trinajstić information content (AvgIpc) is 3.06. The number of carbonyl (C=O) groups is 1. The van der Waals surface area contributed by atoms with Gasteiger partial charge in [0.15, 0.2) is 0 Å². The second kappa shape index (κ2) is 7.41. The molecule has 0 bridgehead atoms. The van der Waals surface area contributed by atoms with E-state index >= 15 is 0 Å². The lowest BCUT2D eigenvalue weighted by atomic mass is 10.1. The molecule has 27 heavy (non-hydrogen) atoms. The van der Waals surface area contributed by atoms with E-state index < -0.39 is 10.9 Å². The van der Waals surface area contributed by atoms with Gasteiger partial charge in [-0.1, -0.05) is 31.5 Å². The first-order valence-electron chi connectivity index (χ1n) is 8.49. The molecule has 7 heteroatoms. The molecule has 0 saturated heterocycles. The monoisotopic (exact) mass is 365 g/mol. The largest absolute Gasteiger partial charge is 0.404 e. The van der Waals surface area contributed by atoms with Gasteiger partial charge in [-0.3, -0.25) is 10.1 Å². The number of esters is 1. The fourth-order valence-electron chi connectivity index (χ4n) is 2.48. The first-order chi connectivity index (χ1) is 12.8. The number of carbonyl (C=O) groups excluding carboxylic acids is 1. The summed E-state index contributed by atoms with van der Waals surface area (Å²) >= 11 is 0. The molecule has 1 aromatic heterocycles. The molecule has 0 spiro atoms. The minimum absolute atomic E-state index is 0.0849. The topological polar surface area (TPSA) is 87.3 Å². The highest BCUT2D eigenvalue weighted by molar-refractivity contribution is 5.91. The number of nitro benzene ring substituents is 1. The van der Waals surface area contributed by atoms with E-state index in [1.807, 2.05) is 45.0 Å². The molecule has 0 amide bonds. The molecule has 3 rings (SSSR count). The number of benzene rings is 2. The smallest absolute Gasteiger partial charge is 0.344 e. The summed E-state index contributed by atoms with van der Waals surface area (Å²) in [4.78, 5) is 22.7. The number of aryl methyl sites for hydroxylation is 1. The van der Waals surface area contributed by atoms with Crippen LogP contribution in [0.3, 0.4) is 0 Å². The third kappa shape index (κ3) is 4.03. The van der Waals surface area contributed by atoms with Crippen LogP contribution in [-0.4, -0.2) is 20.7 Å². The predicted molar refractivity (Wildman–Crippen MR) is 100 cm³/mol. The van der Waals surface area contributed by atoms with E-state index in [0.717, 1.165) is 16.9 Å². The molecule has 0 fully saturated rings. The lowest BCUT2D eigenvalue weighted by molar-refractivity contribution is -0.384. The minimum Gasteiger partial charge on any atom is -0.404 e. The number of hydrogen-bond donors (Lipinski definition) is 0. The van der Waals surface area contributed by atoms with Crippen molar-refractivity contribution in [2.45, 2.75) is 26.7 Å². The van der Waals surface area contributed by atoms with Gasteiger partial charge in [-0.2, -0.15) is 5.10 Å². The van der Waals surface area contributed by atoms with Crippen LogP contribution in [0.5, 0.6) is 5.88 Å². The van der Waals surface area contributed by atoms with Crippen LogP contribution in [0.1, 0.15) is 41.4 Å². The molecule has 3 aromatic rings. The first kappa shape index (κ1) is 18.3. The number of rotatable bonds is 5. The predicted octanol–water partition coefficient (Wildman–Crippen LogP) is 4.43. The normalized spacial score (nSPS) is 10.8. The molecular weight excluding hydrogens is 346 g/mol. The van der Waals surface area contributed by atoms with E-state index in [-0.39, 0.29) is 17.2 Å². The maximum Gasteiger partial charge on any atom is 0.344 e. The zero-order valence-corrected chi connectivity index (χ0v) is 15.2. The maximum absolute atomic E-state index is 12.5. The van der Waals surface area contributed by atoms with Gasteiger partial charge in [0.2, 0.25) is 5.88 Å². The Balaban J connectivity index is 1.92. The van der Waals surface area contributed by atoms with E-state index in [4.69, 9.17) is 4.74 Å². The van der Waals surface area contributed by atoms with Crippen LogP contribution < -0.4 is 4.74 Å². The summed E-state index contributed by atoms with van der Waals surface area (Å²) in [6, 6.07) is 14.7. The maximum atomic E-state index is 12.5. The van der Waals surface area contributed by atoms with Crippen molar-refractivity contribution in [3.8, 4) is 11.6 Å². The Morgan fingerprint density at radius 3 is 2.30 bits per heavy atom. The lowest BCUT2D eigenvalue weighted by Gasteiger charge is -2.08. The van der Waals surface area contributed by atoms with Gasteiger partial charge in [0.25, 0.3) is 5.69 Å². The van der Waals surface area contributed by atoms with Gasteiger partial charge in [0.1, 0.15) is 0 Å². The zero-order valence-electron chi connectivity index (χ0n) is 15.2. The third-order valence-corrected chi connectivity index (χ3v) is 4.08. The van der Waals surface area contributed by atoms with Crippen molar-refractivity contribution < 1.29 is 14.5 Å². The SMILES string of the molecule is Cc1ccc(-n2nc(C(C)C)cc2OC(=O)c2ccc([N+](=O)[O-])cc2)cc1. The van der Waals surface area contributed by atoms with Crippen LogP contribution in [0.2, 0.25) is 0 Å². The molecule has 0 radical (unpaired) electrons. The molecule has 2 aromatic carbocycles. The molecule has 7 nitrogen and oxygen atoms in total. The highest BCUT2D eigenvalue weighted by atomic mass is 16.6. The number of aromatic nitrogens is 2. The Morgan fingerprint density at radius 2 is 1.74 bits per heavy atom. The van der Waals surface area contributed by atoms with E-state index in [1.54, 1.807) is 10.7 Å². The van der Waals surface area contributed by atoms with Crippen molar-refractivity contribution in [1.29, 1.82) is 0 Å². The molecular formula is C20H19N3O4. The van der Waals surface area contributed by atoms with Gasteiger partial charge in [0.05, 0.1) is 21.9 Å². The molecule has 0 aliphatic heterocycles. The summed E-state index contributed by atoms with van der Waals surface area (Å²) in [6.45, 7) is 6.00. The Morgan fingerprint density at radius 1 is 1.11 bits per heavy atom. The van der Waals surface area contributed by atoms with Crippen molar-refractivity contribution in [1.82, 2.24) is 9.78 Å². The fraction of sp³-hybridized carbons (Fsp3) is 0.200. The summed E-state index contributed by atoms with van der Waals surface area (Å²) < 4.78 is 7.12. The number of non-ortho nitro benzene ring substituents is 1. The van der Waals surface area contributed by atoms with Gasteiger partial charge in [-0.05, 0) is 37.1 Å². The van der Waals surface area contributed by atoms with Gasteiger partial charge in [0, 0.05) is 18.2 Å². The number of nitrogens with zero attached hydrogens (tertiary/aromatic N) is 3. The van der Waals surface area contributed by atoms with Crippen molar-refractivity contribution in [3.63, 3.8) is 0 Å². The van der Waals surface area contributed by atoms with Crippen molar-refractivity contribution in [2.75, 3.05) is 0 Å². The lowest BCUT2D eigenvalue weighted by Crippen LogP contribution is -2.11. The fourth-order valence-corrected chi connectivity index (χ4v) is 2.48.